The fourth-order valence-electron chi connectivity index (χ4n) is 2.61. The van der Waals surface area contributed by atoms with E-state index in [9.17, 15) is 0 Å². The van der Waals surface area contributed by atoms with E-state index in [2.05, 4.69) is 30.8 Å². The molecule has 4 aromatic rings. The molecule has 2 aromatic carbocycles. The summed E-state index contributed by atoms with van der Waals surface area (Å²) in [5.74, 6) is 1.31. The van der Waals surface area contributed by atoms with Gasteiger partial charge in [0.25, 0.3) is 0 Å². The van der Waals surface area contributed by atoms with E-state index in [0.29, 0.717) is 28.9 Å². The third-order valence-corrected chi connectivity index (χ3v) is 4.12. The molecule has 7 nitrogen and oxygen atoms in total. The summed E-state index contributed by atoms with van der Waals surface area (Å²) in [6.07, 6.45) is 1.48. The van der Waals surface area contributed by atoms with Gasteiger partial charge in [-0.15, -0.1) is 0 Å². The van der Waals surface area contributed by atoms with Crippen LogP contribution in [0.5, 0.6) is 0 Å². The first-order chi connectivity index (χ1) is 12.7. The van der Waals surface area contributed by atoms with Crippen LogP contribution >= 0.6 is 11.6 Å². The van der Waals surface area contributed by atoms with Gasteiger partial charge in [-0.25, -0.2) is 9.97 Å². The lowest BCUT2D eigenvalue weighted by molar-refractivity contribution is 1.05. The van der Waals surface area contributed by atoms with E-state index in [1.807, 2.05) is 48.5 Å². The molecule has 0 aliphatic heterocycles. The Kier molecular flexibility index (Phi) is 4.28. The number of hydrogen-bond donors (Lipinski definition) is 4. The van der Waals surface area contributed by atoms with Crippen molar-refractivity contribution in [3.05, 3.63) is 65.4 Å². The van der Waals surface area contributed by atoms with E-state index < -0.39 is 0 Å². The third-order valence-electron chi connectivity index (χ3n) is 3.88. The number of anilines is 4. The summed E-state index contributed by atoms with van der Waals surface area (Å²) in [5.41, 5.74) is 9.03. The van der Waals surface area contributed by atoms with E-state index in [1.54, 1.807) is 0 Å². The quantitative estimate of drug-likeness (QED) is 0.399. The summed E-state index contributed by atoms with van der Waals surface area (Å²) < 4.78 is 0. The Bertz CT molecular complexity index is 1040. The molecule has 0 saturated carbocycles. The second-order valence-electron chi connectivity index (χ2n) is 5.75. The number of aromatic nitrogens is 4. The zero-order valence-electron chi connectivity index (χ0n) is 13.7. The van der Waals surface area contributed by atoms with Gasteiger partial charge in [0.2, 0.25) is 0 Å². The maximum absolute atomic E-state index is 6.06. The highest BCUT2D eigenvalue weighted by atomic mass is 35.5. The van der Waals surface area contributed by atoms with Gasteiger partial charge in [-0.1, -0.05) is 29.8 Å². The van der Waals surface area contributed by atoms with Gasteiger partial charge in [-0.05, 0) is 35.9 Å². The molecule has 8 heteroatoms. The molecule has 0 saturated heterocycles. The number of nitrogens with one attached hydrogen (secondary N) is 3. The van der Waals surface area contributed by atoms with Gasteiger partial charge in [-0.2, -0.15) is 5.10 Å². The van der Waals surface area contributed by atoms with Crippen LogP contribution in [0.25, 0.3) is 11.0 Å². The first-order valence-corrected chi connectivity index (χ1v) is 8.37. The van der Waals surface area contributed by atoms with Crippen LogP contribution in [0.3, 0.4) is 0 Å². The second kappa shape index (κ2) is 6.89. The lowest BCUT2D eigenvalue weighted by Crippen LogP contribution is -2.02. The number of halogens is 1. The third kappa shape index (κ3) is 3.38. The minimum atomic E-state index is 0.603. The SMILES string of the molecule is Nc1ccc(CNc2n[nH]c3ncnc(Nc4cccc(Cl)c4)c23)cc1. The van der Waals surface area contributed by atoms with E-state index in [4.69, 9.17) is 17.3 Å². The molecule has 2 aromatic heterocycles. The number of nitrogen functional groups attached to an aromatic ring is 1. The molecule has 0 radical (unpaired) electrons. The van der Waals surface area contributed by atoms with E-state index in [0.717, 1.165) is 22.3 Å². The van der Waals surface area contributed by atoms with Crippen LogP contribution in [0.2, 0.25) is 5.02 Å². The molecule has 0 aliphatic rings. The van der Waals surface area contributed by atoms with Crippen molar-refractivity contribution in [1.82, 2.24) is 20.2 Å². The number of H-pyrrole nitrogens is 1. The van der Waals surface area contributed by atoms with Crippen molar-refractivity contribution in [2.24, 2.45) is 0 Å². The Labute approximate surface area is 154 Å². The lowest BCUT2D eigenvalue weighted by atomic mass is 10.2. The average Bonchev–Trinajstić information content (AvgIpc) is 3.06. The summed E-state index contributed by atoms with van der Waals surface area (Å²) in [5, 5.41) is 15.2. The smallest absolute Gasteiger partial charge is 0.162 e. The van der Waals surface area contributed by atoms with Crippen molar-refractivity contribution in [1.29, 1.82) is 0 Å². The van der Waals surface area contributed by atoms with Crippen molar-refractivity contribution in [3.8, 4) is 0 Å². The normalized spacial score (nSPS) is 10.8. The van der Waals surface area contributed by atoms with Gasteiger partial charge in [0.15, 0.2) is 11.5 Å². The fourth-order valence-corrected chi connectivity index (χ4v) is 2.80. The second-order valence-corrected chi connectivity index (χ2v) is 6.19. The van der Waals surface area contributed by atoms with E-state index >= 15 is 0 Å². The number of nitrogens with zero attached hydrogens (tertiary/aromatic N) is 3. The molecule has 0 atom stereocenters. The Morgan fingerprint density at radius 1 is 1.04 bits per heavy atom. The lowest BCUT2D eigenvalue weighted by Gasteiger charge is -2.09. The highest BCUT2D eigenvalue weighted by molar-refractivity contribution is 6.30. The van der Waals surface area contributed by atoms with Crippen molar-refractivity contribution in [2.45, 2.75) is 6.54 Å². The van der Waals surface area contributed by atoms with Crippen LogP contribution in [-0.2, 0) is 6.54 Å². The van der Waals surface area contributed by atoms with Crippen molar-refractivity contribution < 1.29 is 0 Å². The van der Waals surface area contributed by atoms with E-state index in [-0.39, 0.29) is 0 Å². The standard InChI is InChI=1S/C18H16ClN7/c19-12-2-1-3-14(8-12)24-16-15-17(25-26-18(15)23-10-22-16)21-9-11-4-6-13(20)7-5-11/h1-8,10H,9,20H2,(H3,21,22,23,24,25,26). The Balaban J connectivity index is 1.62. The zero-order valence-corrected chi connectivity index (χ0v) is 14.5. The Hall–Kier alpha value is -3.32. The Morgan fingerprint density at radius 3 is 2.69 bits per heavy atom. The number of aromatic amines is 1. The summed E-state index contributed by atoms with van der Waals surface area (Å²) in [7, 11) is 0. The number of nitrogens with two attached hydrogens (primary N) is 1. The minimum Gasteiger partial charge on any atom is -0.399 e. The van der Waals surface area contributed by atoms with E-state index in [1.165, 1.54) is 6.33 Å². The number of fused-ring (bicyclic) bond motifs is 1. The predicted octanol–water partition coefficient (Wildman–Crippen LogP) is 3.94. The van der Waals surface area contributed by atoms with Crippen molar-refractivity contribution >= 4 is 45.6 Å². The average molecular weight is 366 g/mol. The first-order valence-electron chi connectivity index (χ1n) is 7.99. The van der Waals surface area contributed by atoms with Gasteiger partial charge in [0.1, 0.15) is 17.5 Å². The molecular formula is C18H16ClN7. The maximum atomic E-state index is 6.06. The molecule has 2 heterocycles. The molecule has 4 rings (SSSR count). The van der Waals surface area contributed by atoms with Crippen molar-refractivity contribution in [2.75, 3.05) is 16.4 Å². The minimum absolute atomic E-state index is 0.603. The summed E-state index contributed by atoms with van der Waals surface area (Å²) in [6, 6.07) is 15.1. The van der Waals surface area contributed by atoms with Crippen LogP contribution in [-0.4, -0.2) is 20.2 Å². The monoisotopic (exact) mass is 365 g/mol. The maximum Gasteiger partial charge on any atom is 0.162 e. The van der Waals surface area contributed by atoms with Gasteiger partial charge in [-0.3, -0.25) is 5.10 Å². The van der Waals surface area contributed by atoms with Crippen molar-refractivity contribution in [3.63, 3.8) is 0 Å². The molecule has 0 spiro atoms. The van der Waals surface area contributed by atoms with Crippen LogP contribution in [0.4, 0.5) is 23.0 Å². The molecule has 0 fully saturated rings. The van der Waals surface area contributed by atoms with Gasteiger partial charge >= 0.3 is 0 Å². The van der Waals surface area contributed by atoms with Crippen LogP contribution in [0.1, 0.15) is 5.56 Å². The number of hydrogen-bond acceptors (Lipinski definition) is 6. The van der Waals surface area contributed by atoms with Gasteiger partial charge in [0.05, 0.1) is 0 Å². The molecule has 0 amide bonds. The fraction of sp³-hybridized carbons (Fsp3) is 0.0556. The van der Waals surface area contributed by atoms with Gasteiger partial charge < -0.3 is 16.4 Å². The summed E-state index contributed by atoms with van der Waals surface area (Å²) >= 11 is 6.06. The molecule has 130 valence electrons. The van der Waals surface area contributed by atoms with Crippen LogP contribution < -0.4 is 16.4 Å². The van der Waals surface area contributed by atoms with Gasteiger partial charge in [0, 0.05) is 22.9 Å². The zero-order chi connectivity index (χ0) is 17.9. The summed E-state index contributed by atoms with van der Waals surface area (Å²) in [6.45, 7) is 0.603. The summed E-state index contributed by atoms with van der Waals surface area (Å²) in [4.78, 5) is 8.59. The molecule has 0 unspecified atom stereocenters. The number of rotatable bonds is 5. The molecule has 0 bridgehead atoms. The largest absolute Gasteiger partial charge is 0.399 e. The molecule has 0 aliphatic carbocycles. The Morgan fingerprint density at radius 2 is 1.88 bits per heavy atom. The van der Waals surface area contributed by atoms with Crippen LogP contribution in [0.15, 0.2) is 54.9 Å². The number of benzene rings is 2. The highest BCUT2D eigenvalue weighted by Crippen LogP contribution is 2.28. The first kappa shape index (κ1) is 16.2. The topological polar surface area (TPSA) is 105 Å². The van der Waals surface area contributed by atoms with Crippen LogP contribution in [0, 0.1) is 0 Å². The molecule has 26 heavy (non-hydrogen) atoms. The highest BCUT2D eigenvalue weighted by Gasteiger charge is 2.13. The molecule has 5 N–H and O–H groups in total. The predicted molar refractivity (Wildman–Crippen MR) is 105 cm³/mol. The molecular weight excluding hydrogens is 350 g/mol.